The monoisotopic (exact) mass is 497 g/mol. The Morgan fingerprint density at radius 1 is 1.08 bits per heavy atom. The largest absolute Gasteiger partial charge is 0.385 e. The Morgan fingerprint density at radius 2 is 1.92 bits per heavy atom. The van der Waals surface area contributed by atoms with Gasteiger partial charge in [0.25, 0.3) is 5.91 Å². The van der Waals surface area contributed by atoms with Crippen LogP contribution in [0.25, 0.3) is 0 Å². The zero-order valence-electron chi connectivity index (χ0n) is 22.2. The zero-order chi connectivity index (χ0) is 25.5. The average molecular weight is 498 g/mol. The maximum absolute atomic E-state index is 12.4. The Morgan fingerprint density at radius 3 is 2.72 bits per heavy atom. The Balaban J connectivity index is 1.20. The van der Waals surface area contributed by atoms with Crippen LogP contribution in [0.1, 0.15) is 91.4 Å². The van der Waals surface area contributed by atoms with E-state index in [0.717, 1.165) is 50.2 Å². The topological polar surface area (TPSA) is 96.9 Å². The van der Waals surface area contributed by atoms with Gasteiger partial charge in [-0.15, -0.1) is 0 Å². The SMILES string of the molecule is CC(=O)[C@H]1CC[C@H]2[C@@H]3CCC4=CC(=NOCC(=O)N[C@@H]5CCCCNC5=O)CC[C@]4(C)[C@H]3CC[C@]12C. The second-order valence-electron chi connectivity index (χ2n) is 12.6. The Bertz CT molecular complexity index is 974. The highest BCUT2D eigenvalue weighted by atomic mass is 16.6. The van der Waals surface area contributed by atoms with E-state index in [1.165, 1.54) is 31.3 Å². The number of hydrogen-bond acceptors (Lipinski definition) is 5. The molecule has 2 N–H and O–H groups in total. The summed E-state index contributed by atoms with van der Waals surface area (Å²) < 4.78 is 0. The lowest BCUT2D eigenvalue weighted by molar-refractivity contribution is -0.131. The van der Waals surface area contributed by atoms with Crippen LogP contribution >= 0.6 is 0 Å². The van der Waals surface area contributed by atoms with Crippen molar-refractivity contribution in [1.29, 1.82) is 0 Å². The van der Waals surface area contributed by atoms with Gasteiger partial charge >= 0.3 is 0 Å². The molecule has 3 saturated carbocycles. The number of oxime groups is 1. The Kier molecular flexibility index (Phi) is 7.03. The van der Waals surface area contributed by atoms with Crippen LogP contribution in [0.2, 0.25) is 0 Å². The summed E-state index contributed by atoms with van der Waals surface area (Å²) in [6.45, 7) is 7.16. The second kappa shape index (κ2) is 9.94. The molecule has 36 heavy (non-hydrogen) atoms. The van der Waals surface area contributed by atoms with E-state index >= 15 is 0 Å². The second-order valence-corrected chi connectivity index (χ2v) is 12.6. The van der Waals surface area contributed by atoms with Crippen molar-refractivity contribution in [2.75, 3.05) is 13.2 Å². The number of hydrogen-bond donors (Lipinski definition) is 2. The van der Waals surface area contributed by atoms with Crippen molar-refractivity contribution in [2.45, 2.75) is 97.4 Å². The van der Waals surface area contributed by atoms with Gasteiger partial charge in [0.15, 0.2) is 6.61 Å². The number of nitrogens with zero attached hydrogens (tertiary/aromatic N) is 1. The minimum atomic E-state index is -0.480. The molecule has 1 heterocycles. The number of Topliss-reactive ketones (excluding diaryl/α,β-unsaturated/α-hetero) is 1. The molecule has 5 rings (SSSR count). The first-order chi connectivity index (χ1) is 17.2. The molecule has 0 radical (unpaired) electrons. The van der Waals surface area contributed by atoms with E-state index in [0.29, 0.717) is 30.6 Å². The van der Waals surface area contributed by atoms with Gasteiger partial charge < -0.3 is 15.5 Å². The molecule has 7 atom stereocenters. The summed E-state index contributed by atoms with van der Waals surface area (Å²) in [5, 5.41) is 9.93. The summed E-state index contributed by atoms with van der Waals surface area (Å²) in [6, 6.07) is -0.480. The third-order valence-corrected chi connectivity index (χ3v) is 10.7. The average Bonchev–Trinajstić information content (AvgIpc) is 3.08. The summed E-state index contributed by atoms with van der Waals surface area (Å²) in [4.78, 5) is 42.2. The smallest absolute Gasteiger partial charge is 0.261 e. The van der Waals surface area contributed by atoms with Gasteiger partial charge in [0.05, 0.1) is 5.71 Å². The number of nitrogens with one attached hydrogen (secondary N) is 2. The fraction of sp³-hybridized carbons (Fsp3) is 0.793. The minimum absolute atomic E-state index is 0.114. The summed E-state index contributed by atoms with van der Waals surface area (Å²) in [5.74, 6) is 2.30. The molecule has 0 aromatic heterocycles. The number of carbonyl (C=O) groups is 3. The van der Waals surface area contributed by atoms with E-state index in [-0.39, 0.29) is 35.2 Å². The number of fused-ring (bicyclic) bond motifs is 5. The minimum Gasteiger partial charge on any atom is -0.385 e. The molecule has 0 aromatic carbocycles. The van der Waals surface area contributed by atoms with Crippen molar-refractivity contribution in [2.24, 2.45) is 39.7 Å². The molecule has 4 fully saturated rings. The van der Waals surface area contributed by atoms with E-state index in [4.69, 9.17) is 4.84 Å². The lowest BCUT2D eigenvalue weighted by Crippen LogP contribution is -2.51. The van der Waals surface area contributed by atoms with Gasteiger partial charge in [0.2, 0.25) is 5.91 Å². The van der Waals surface area contributed by atoms with Crippen molar-refractivity contribution < 1.29 is 19.2 Å². The molecule has 0 spiro atoms. The normalized spacial score (nSPS) is 41.2. The molecule has 7 nitrogen and oxygen atoms in total. The third-order valence-electron chi connectivity index (χ3n) is 10.7. The number of amides is 2. The van der Waals surface area contributed by atoms with Crippen LogP contribution in [0, 0.1) is 34.5 Å². The highest BCUT2D eigenvalue weighted by molar-refractivity contribution is 5.96. The first-order valence-corrected chi connectivity index (χ1v) is 14.2. The van der Waals surface area contributed by atoms with Crippen molar-refractivity contribution >= 4 is 23.3 Å². The van der Waals surface area contributed by atoms with Crippen LogP contribution in [0.4, 0.5) is 0 Å². The number of ketones is 1. The fourth-order valence-electron chi connectivity index (χ4n) is 8.80. The quantitative estimate of drug-likeness (QED) is 0.553. The lowest BCUT2D eigenvalue weighted by atomic mass is 9.46. The van der Waals surface area contributed by atoms with E-state index in [1.807, 2.05) is 0 Å². The van der Waals surface area contributed by atoms with Gasteiger partial charge in [-0.1, -0.05) is 24.6 Å². The highest BCUT2D eigenvalue weighted by Gasteiger charge is 2.59. The lowest BCUT2D eigenvalue weighted by Gasteiger charge is -2.58. The van der Waals surface area contributed by atoms with Crippen LogP contribution in [0.5, 0.6) is 0 Å². The molecule has 1 saturated heterocycles. The Labute approximate surface area is 215 Å². The molecule has 0 unspecified atom stereocenters. The molecule has 2 amide bonds. The Hall–Kier alpha value is -2.18. The van der Waals surface area contributed by atoms with E-state index in [9.17, 15) is 14.4 Å². The molecular formula is C29H43N3O4. The van der Waals surface area contributed by atoms with E-state index in [2.05, 4.69) is 35.7 Å². The van der Waals surface area contributed by atoms with Crippen LogP contribution < -0.4 is 10.6 Å². The first-order valence-electron chi connectivity index (χ1n) is 14.2. The van der Waals surface area contributed by atoms with Gasteiger partial charge in [-0.2, -0.15) is 0 Å². The summed E-state index contributed by atoms with van der Waals surface area (Å²) >= 11 is 0. The molecule has 7 heteroatoms. The maximum Gasteiger partial charge on any atom is 0.261 e. The maximum atomic E-state index is 12.4. The van der Waals surface area contributed by atoms with Crippen LogP contribution in [0.3, 0.4) is 0 Å². The molecular weight excluding hydrogens is 454 g/mol. The van der Waals surface area contributed by atoms with Crippen molar-refractivity contribution in [3.05, 3.63) is 11.6 Å². The summed E-state index contributed by atoms with van der Waals surface area (Å²) in [7, 11) is 0. The predicted octanol–water partition coefficient (Wildman–Crippen LogP) is 4.31. The predicted molar refractivity (Wildman–Crippen MR) is 138 cm³/mol. The van der Waals surface area contributed by atoms with Gasteiger partial charge in [0, 0.05) is 12.5 Å². The van der Waals surface area contributed by atoms with Gasteiger partial charge in [-0.25, -0.2) is 0 Å². The molecule has 4 aliphatic carbocycles. The standard InChI is InChI=1S/C29H43N3O4/c1-18(33)22-9-10-23-21-8-7-19-16-20(11-13-28(19,2)24(21)12-14-29(22,23)3)32-36-17-26(34)31-25-6-4-5-15-30-27(25)35/h16,21-25H,4-15,17H2,1-3H3,(H,30,35)(H,31,34)/t21-,22+,23-,24-,25+,28-,29+/m0/s1. The van der Waals surface area contributed by atoms with Crippen LogP contribution in [0.15, 0.2) is 16.8 Å². The first kappa shape index (κ1) is 25.5. The molecule has 0 aromatic rings. The molecule has 198 valence electrons. The van der Waals surface area contributed by atoms with E-state index in [1.54, 1.807) is 6.92 Å². The number of allylic oxidation sites excluding steroid dienone is 2. The van der Waals surface area contributed by atoms with Crippen LogP contribution in [-0.4, -0.2) is 42.5 Å². The number of rotatable bonds is 5. The fourth-order valence-corrected chi connectivity index (χ4v) is 8.80. The third kappa shape index (κ3) is 4.51. The van der Waals surface area contributed by atoms with Crippen molar-refractivity contribution in [3.8, 4) is 0 Å². The summed E-state index contributed by atoms with van der Waals surface area (Å²) in [5.41, 5.74) is 2.79. The molecule has 1 aliphatic heterocycles. The van der Waals surface area contributed by atoms with Gasteiger partial charge in [0.1, 0.15) is 11.8 Å². The van der Waals surface area contributed by atoms with Gasteiger partial charge in [-0.3, -0.25) is 14.4 Å². The summed E-state index contributed by atoms with van der Waals surface area (Å²) in [6.07, 6.45) is 13.6. The van der Waals surface area contributed by atoms with Crippen molar-refractivity contribution in [1.82, 2.24) is 10.6 Å². The molecule has 5 aliphatic rings. The van der Waals surface area contributed by atoms with E-state index < -0.39 is 6.04 Å². The molecule has 0 bridgehead atoms. The highest BCUT2D eigenvalue weighted by Crippen LogP contribution is 2.66. The van der Waals surface area contributed by atoms with Crippen LogP contribution in [-0.2, 0) is 19.2 Å². The number of carbonyl (C=O) groups excluding carboxylic acids is 3. The zero-order valence-corrected chi connectivity index (χ0v) is 22.2. The van der Waals surface area contributed by atoms with Gasteiger partial charge in [-0.05, 0) is 112 Å². The van der Waals surface area contributed by atoms with Crippen molar-refractivity contribution in [3.63, 3.8) is 0 Å².